The summed E-state index contributed by atoms with van der Waals surface area (Å²) in [7, 11) is 0. The Kier molecular flexibility index (Phi) is 3.93. The number of hydrogen-bond acceptors (Lipinski definition) is 4. The van der Waals surface area contributed by atoms with Crippen LogP contribution in [0.25, 0.3) is 11.4 Å². The minimum atomic E-state index is 0.325. The number of hydrogen-bond donors (Lipinski definition) is 2. The fourth-order valence-corrected chi connectivity index (χ4v) is 1.99. The Morgan fingerprint density at radius 2 is 2.00 bits per heavy atom. The van der Waals surface area contributed by atoms with Crippen molar-refractivity contribution in [3.05, 3.63) is 40.5 Å². The molecule has 0 aliphatic carbocycles. The summed E-state index contributed by atoms with van der Waals surface area (Å²) in [4.78, 5) is 8.94. The van der Waals surface area contributed by atoms with Crippen LogP contribution in [0.4, 0.5) is 5.82 Å². The van der Waals surface area contributed by atoms with Crippen LogP contribution in [-0.2, 0) is 0 Å². The molecule has 5 heteroatoms. The average Bonchev–Trinajstić information content (AvgIpc) is 2.38. The van der Waals surface area contributed by atoms with Crippen molar-refractivity contribution in [2.45, 2.75) is 19.8 Å². The molecule has 0 unspecified atom stereocenters. The van der Waals surface area contributed by atoms with E-state index in [0.717, 1.165) is 15.7 Å². The summed E-state index contributed by atoms with van der Waals surface area (Å²) < 4.78 is 1.00. The molecular weight excluding hydrogens is 292 g/mol. The average molecular weight is 307 g/mol. The lowest BCUT2D eigenvalue weighted by Gasteiger charge is -2.10. The van der Waals surface area contributed by atoms with Crippen LogP contribution in [0.3, 0.4) is 0 Å². The van der Waals surface area contributed by atoms with Crippen LogP contribution >= 0.6 is 15.9 Å². The summed E-state index contributed by atoms with van der Waals surface area (Å²) >= 11 is 3.45. The molecule has 0 aliphatic rings. The molecule has 0 spiro atoms. The van der Waals surface area contributed by atoms with Crippen molar-refractivity contribution in [1.82, 2.24) is 9.97 Å². The molecule has 0 saturated heterocycles. The Morgan fingerprint density at radius 3 is 2.61 bits per heavy atom. The normalized spacial score (nSPS) is 10.7. The number of hydrazine groups is 1. The maximum Gasteiger partial charge on any atom is 0.161 e. The number of nitrogens with zero attached hydrogens (tertiary/aromatic N) is 2. The smallest absolute Gasteiger partial charge is 0.161 e. The third-order valence-corrected chi connectivity index (χ3v) is 3.06. The first-order valence-electron chi connectivity index (χ1n) is 5.71. The van der Waals surface area contributed by atoms with Gasteiger partial charge in [0, 0.05) is 21.8 Å². The quantitative estimate of drug-likeness (QED) is 0.674. The number of halogens is 1. The second kappa shape index (κ2) is 5.46. The minimum absolute atomic E-state index is 0.325. The number of benzene rings is 1. The van der Waals surface area contributed by atoms with Gasteiger partial charge < -0.3 is 5.43 Å². The Morgan fingerprint density at radius 1 is 1.22 bits per heavy atom. The molecule has 0 radical (unpaired) electrons. The van der Waals surface area contributed by atoms with Gasteiger partial charge in [0.25, 0.3) is 0 Å². The van der Waals surface area contributed by atoms with E-state index in [9.17, 15) is 0 Å². The Labute approximate surface area is 115 Å². The van der Waals surface area contributed by atoms with Crippen LogP contribution in [0.15, 0.2) is 34.8 Å². The van der Waals surface area contributed by atoms with Crippen LogP contribution in [0.1, 0.15) is 25.5 Å². The van der Waals surface area contributed by atoms with Gasteiger partial charge >= 0.3 is 0 Å². The maximum atomic E-state index is 5.45. The number of nitrogens with two attached hydrogens (primary N) is 1. The molecule has 0 bridgehead atoms. The summed E-state index contributed by atoms with van der Waals surface area (Å²) in [5, 5.41) is 0. The number of aromatic nitrogens is 2. The topological polar surface area (TPSA) is 63.8 Å². The molecule has 0 saturated carbocycles. The Hall–Kier alpha value is -1.46. The minimum Gasteiger partial charge on any atom is -0.308 e. The molecule has 1 aromatic heterocycles. The second-order valence-electron chi connectivity index (χ2n) is 4.31. The first-order chi connectivity index (χ1) is 8.60. The van der Waals surface area contributed by atoms with Crippen molar-refractivity contribution in [1.29, 1.82) is 0 Å². The van der Waals surface area contributed by atoms with Gasteiger partial charge in [0.2, 0.25) is 0 Å². The SMILES string of the molecule is CC(C)c1cc(NN)nc(-c2cccc(Br)c2)n1. The van der Waals surface area contributed by atoms with E-state index in [0.29, 0.717) is 17.6 Å². The van der Waals surface area contributed by atoms with Crippen LogP contribution in [0.5, 0.6) is 0 Å². The third kappa shape index (κ3) is 2.86. The van der Waals surface area contributed by atoms with E-state index in [1.165, 1.54) is 0 Å². The van der Waals surface area contributed by atoms with Crippen LogP contribution < -0.4 is 11.3 Å². The van der Waals surface area contributed by atoms with E-state index in [-0.39, 0.29) is 0 Å². The zero-order valence-corrected chi connectivity index (χ0v) is 11.9. The van der Waals surface area contributed by atoms with E-state index in [1.54, 1.807) is 0 Å². The van der Waals surface area contributed by atoms with Gasteiger partial charge in [-0.2, -0.15) is 0 Å². The van der Waals surface area contributed by atoms with Crippen molar-refractivity contribution in [2.75, 3.05) is 5.43 Å². The Balaban J connectivity index is 2.53. The van der Waals surface area contributed by atoms with Crippen molar-refractivity contribution in [3.63, 3.8) is 0 Å². The number of rotatable bonds is 3. The van der Waals surface area contributed by atoms with E-state index in [1.807, 2.05) is 30.3 Å². The van der Waals surface area contributed by atoms with E-state index < -0.39 is 0 Å². The highest BCUT2D eigenvalue weighted by Crippen LogP contribution is 2.23. The van der Waals surface area contributed by atoms with Crippen LogP contribution in [-0.4, -0.2) is 9.97 Å². The van der Waals surface area contributed by atoms with Gasteiger partial charge in [-0.1, -0.05) is 41.9 Å². The first kappa shape index (κ1) is 13.0. The first-order valence-corrected chi connectivity index (χ1v) is 6.51. The predicted octanol–water partition coefficient (Wildman–Crippen LogP) is 3.32. The molecule has 3 N–H and O–H groups in total. The van der Waals surface area contributed by atoms with Crippen molar-refractivity contribution < 1.29 is 0 Å². The highest BCUT2D eigenvalue weighted by atomic mass is 79.9. The third-order valence-electron chi connectivity index (χ3n) is 2.57. The molecule has 0 aliphatic heterocycles. The molecule has 1 aromatic carbocycles. The summed E-state index contributed by atoms with van der Waals surface area (Å²) in [6.45, 7) is 4.18. The molecule has 0 fully saturated rings. The standard InChI is InChI=1S/C13H15BrN4/c1-8(2)11-7-12(18-15)17-13(16-11)9-4-3-5-10(14)6-9/h3-8H,15H2,1-2H3,(H,16,17,18). The molecular formula is C13H15BrN4. The molecule has 2 aromatic rings. The largest absolute Gasteiger partial charge is 0.308 e. The van der Waals surface area contributed by atoms with Gasteiger partial charge in [0.15, 0.2) is 5.82 Å². The molecule has 2 rings (SSSR count). The summed E-state index contributed by atoms with van der Waals surface area (Å²) in [5.74, 6) is 7.08. The summed E-state index contributed by atoms with van der Waals surface area (Å²) in [6.07, 6.45) is 0. The molecule has 18 heavy (non-hydrogen) atoms. The Bertz CT molecular complexity index is 554. The molecule has 0 atom stereocenters. The molecule has 94 valence electrons. The zero-order valence-electron chi connectivity index (χ0n) is 10.3. The van der Waals surface area contributed by atoms with Crippen molar-refractivity contribution >= 4 is 21.7 Å². The zero-order chi connectivity index (χ0) is 13.1. The molecule has 1 heterocycles. The van der Waals surface area contributed by atoms with Crippen molar-refractivity contribution in [3.8, 4) is 11.4 Å². The van der Waals surface area contributed by atoms with E-state index in [2.05, 4.69) is 45.2 Å². The highest BCUT2D eigenvalue weighted by Gasteiger charge is 2.09. The van der Waals surface area contributed by atoms with Gasteiger partial charge in [-0.15, -0.1) is 0 Å². The predicted molar refractivity (Wildman–Crippen MR) is 77.1 cm³/mol. The monoisotopic (exact) mass is 306 g/mol. The van der Waals surface area contributed by atoms with Crippen LogP contribution in [0.2, 0.25) is 0 Å². The van der Waals surface area contributed by atoms with Crippen LogP contribution in [0, 0.1) is 0 Å². The fraction of sp³-hybridized carbons (Fsp3) is 0.231. The lowest BCUT2D eigenvalue weighted by Crippen LogP contribution is -2.11. The number of anilines is 1. The second-order valence-corrected chi connectivity index (χ2v) is 5.23. The molecule has 0 amide bonds. The summed E-state index contributed by atoms with van der Waals surface area (Å²) in [6, 6.07) is 9.76. The van der Waals surface area contributed by atoms with Gasteiger partial charge in [-0.3, -0.25) is 0 Å². The number of nitrogens with one attached hydrogen (secondary N) is 1. The van der Waals surface area contributed by atoms with Gasteiger partial charge in [-0.25, -0.2) is 15.8 Å². The number of nitrogen functional groups attached to an aromatic ring is 1. The summed E-state index contributed by atoms with van der Waals surface area (Å²) in [5.41, 5.74) is 4.51. The van der Waals surface area contributed by atoms with Gasteiger partial charge in [0.05, 0.1) is 0 Å². The van der Waals surface area contributed by atoms with E-state index in [4.69, 9.17) is 5.84 Å². The lowest BCUT2D eigenvalue weighted by atomic mass is 10.1. The highest BCUT2D eigenvalue weighted by molar-refractivity contribution is 9.10. The van der Waals surface area contributed by atoms with Crippen molar-refractivity contribution in [2.24, 2.45) is 5.84 Å². The van der Waals surface area contributed by atoms with Gasteiger partial charge in [0.1, 0.15) is 5.82 Å². The van der Waals surface area contributed by atoms with E-state index >= 15 is 0 Å². The maximum absolute atomic E-state index is 5.45. The van der Waals surface area contributed by atoms with Gasteiger partial charge in [-0.05, 0) is 18.1 Å². The fourth-order valence-electron chi connectivity index (χ4n) is 1.59. The lowest BCUT2D eigenvalue weighted by molar-refractivity contribution is 0.817. The molecule has 4 nitrogen and oxygen atoms in total.